The summed E-state index contributed by atoms with van der Waals surface area (Å²) in [7, 11) is 0. The first-order valence-corrected chi connectivity index (χ1v) is 4.98. The Hall–Kier alpha value is 4.15. The maximum Gasteiger partial charge on any atom is 0.00711 e. The van der Waals surface area contributed by atoms with Gasteiger partial charge < -0.3 is 0 Å². The third kappa shape index (κ3) is 9.47. The zero-order valence-electron chi connectivity index (χ0n) is 2.20. The van der Waals surface area contributed by atoms with E-state index in [4.69, 9.17) is 0 Å². The normalized spacial score (nSPS) is 1.50. The molecule has 0 saturated heterocycles. The van der Waals surface area contributed by atoms with Crippen LogP contribution in [-0.2, 0) is 0 Å². The second-order valence-corrected chi connectivity index (χ2v) is 0. The van der Waals surface area contributed by atoms with E-state index < -0.39 is 0 Å². The van der Waals surface area contributed by atoms with Gasteiger partial charge in [0.1, 0.15) is 0 Å². The Labute approximate surface area is 124 Å². The van der Waals surface area contributed by atoms with Gasteiger partial charge in [0.05, 0.1) is 0 Å². The van der Waals surface area contributed by atoms with Gasteiger partial charge in [-0.05, 0) is 12.7 Å². The molecular weight excluding hydrogens is 549 g/mol. The minimum absolute atomic E-state index is 0. The molecule has 0 aromatic rings. The van der Waals surface area contributed by atoms with Gasteiger partial charge in [-0.1, -0.05) is 0 Å². The Bertz CT molecular complexity index is 8.00. The molecule has 0 rings (SSSR count). The van der Waals surface area contributed by atoms with Gasteiger partial charge in [0.2, 0.25) is 0 Å². The molecule has 0 aliphatic heterocycles. The first kappa shape index (κ1) is 15.7. The van der Waals surface area contributed by atoms with E-state index in [1.807, 2.05) is 20.4 Å². The Morgan fingerprint density at radius 3 is 1.25 bits per heavy atom. The third-order valence-corrected chi connectivity index (χ3v) is 0. The van der Waals surface area contributed by atoms with Crippen molar-refractivity contribution >= 4 is 128 Å². The van der Waals surface area contributed by atoms with Crippen LogP contribution in [0.1, 0.15) is 0 Å². The Kier molecular flexibility index (Phi) is 61.7. The summed E-state index contributed by atoms with van der Waals surface area (Å²) in [4.78, 5) is 0. The van der Waals surface area contributed by atoms with E-state index in [1.54, 1.807) is 0 Å². The molecule has 4 radical (unpaired) electrons. The standard InChI is InChI=1S/Bi.BrI.Cs/c;1-2;. The van der Waals surface area contributed by atoms with Crippen molar-refractivity contribution in [3.63, 3.8) is 0 Å². The van der Waals surface area contributed by atoms with E-state index in [9.17, 15) is 0 Å². The largest absolute Gasteiger partial charge is 0.00711 e. The van der Waals surface area contributed by atoms with E-state index in [-0.39, 0.29) is 95.1 Å². The molecule has 0 atom stereocenters. The van der Waals surface area contributed by atoms with E-state index in [2.05, 4.69) is 12.7 Å². The molecule has 0 aromatic heterocycles. The number of rotatable bonds is 0. The van der Waals surface area contributed by atoms with Crippen LogP contribution in [0.3, 0.4) is 0 Å². The molecule has 0 nitrogen and oxygen atoms in total. The second kappa shape index (κ2) is 15.7. The van der Waals surface area contributed by atoms with Crippen molar-refractivity contribution in [2.24, 2.45) is 0 Å². The summed E-state index contributed by atoms with van der Waals surface area (Å²) in [5, 5.41) is 0. The second-order valence-electron chi connectivity index (χ2n) is 0. The summed E-state index contributed by atoms with van der Waals surface area (Å²) in [6.45, 7) is 0. The molecule has 0 fully saturated rings. The van der Waals surface area contributed by atoms with E-state index in [1.165, 1.54) is 0 Å². The van der Waals surface area contributed by atoms with Crippen LogP contribution in [-0.4, -0.2) is 95.1 Å². The first-order valence-electron chi connectivity index (χ1n) is 0.143. The van der Waals surface area contributed by atoms with Crippen LogP contribution < -0.4 is 0 Å². The Balaban J connectivity index is -0.00000000500. The van der Waals surface area contributed by atoms with Crippen molar-refractivity contribution in [2.75, 3.05) is 0 Å². The molecule has 4 heteroatoms. The van der Waals surface area contributed by atoms with E-state index in [0.29, 0.717) is 0 Å². The molecule has 20 valence electrons. The summed E-state index contributed by atoms with van der Waals surface area (Å²) in [5.41, 5.74) is 0. The van der Waals surface area contributed by atoms with Gasteiger partial charge in [-0.2, -0.15) is 0 Å². The summed E-state index contributed by atoms with van der Waals surface area (Å²) in [5.74, 6) is 0. The minimum atomic E-state index is 0. The van der Waals surface area contributed by atoms with Crippen molar-refractivity contribution < 1.29 is 0 Å². The summed E-state index contributed by atoms with van der Waals surface area (Å²) in [6.07, 6.45) is 0. The summed E-state index contributed by atoms with van der Waals surface area (Å²) >= 11 is 4.87. The van der Waals surface area contributed by atoms with Crippen LogP contribution in [0.4, 0.5) is 0 Å². The molecule has 0 unspecified atom stereocenters. The predicted molar refractivity (Wildman–Crippen MR) is 34.5 cm³/mol. The SMILES string of the molecule is BrI.[Bi].[Cs]. The van der Waals surface area contributed by atoms with Crippen LogP contribution in [0.2, 0.25) is 0 Å². The number of halogens is 2. The molecule has 0 bridgehead atoms. The zero-order chi connectivity index (χ0) is 2.00. The fraction of sp³-hybridized carbons (Fsp3) is 0. The Morgan fingerprint density at radius 2 is 1.25 bits per heavy atom. The van der Waals surface area contributed by atoms with Gasteiger partial charge in [0.25, 0.3) is 0 Å². The predicted octanol–water partition coefficient (Wildman–Crippen LogP) is 0.970. The van der Waals surface area contributed by atoms with Crippen molar-refractivity contribution in [1.82, 2.24) is 0 Å². The quantitative estimate of drug-likeness (QED) is 0.313. The fourth-order valence-corrected chi connectivity index (χ4v) is 0. The van der Waals surface area contributed by atoms with Crippen molar-refractivity contribution in [3.8, 4) is 0 Å². The van der Waals surface area contributed by atoms with Crippen LogP contribution in [0.15, 0.2) is 0 Å². The molecule has 0 N–H and O–H groups in total. The molecule has 0 saturated carbocycles. The molecule has 0 spiro atoms. The topological polar surface area (TPSA) is 0 Å². The van der Waals surface area contributed by atoms with E-state index in [0.717, 1.165) is 0 Å². The molecule has 0 aliphatic rings. The van der Waals surface area contributed by atoms with E-state index >= 15 is 0 Å². The van der Waals surface area contributed by atoms with Gasteiger partial charge in [-0.3, -0.25) is 0 Å². The first-order chi connectivity index (χ1) is 1.00. The van der Waals surface area contributed by atoms with Crippen molar-refractivity contribution in [3.05, 3.63) is 0 Å². The van der Waals surface area contributed by atoms with Crippen molar-refractivity contribution in [1.29, 1.82) is 0 Å². The van der Waals surface area contributed by atoms with Gasteiger partial charge in [0.15, 0.2) is 0 Å². The third-order valence-electron chi connectivity index (χ3n) is 0. The zero-order valence-corrected chi connectivity index (χ0v) is 15.7. The number of hydrogen-bond acceptors (Lipinski definition) is 0. The summed E-state index contributed by atoms with van der Waals surface area (Å²) < 4.78 is 0. The van der Waals surface area contributed by atoms with Crippen LogP contribution in [0, 0.1) is 0 Å². The molecule has 0 heterocycles. The van der Waals surface area contributed by atoms with Crippen LogP contribution in [0.25, 0.3) is 0 Å². The molecule has 0 amide bonds. The van der Waals surface area contributed by atoms with Crippen molar-refractivity contribution in [2.45, 2.75) is 0 Å². The minimum Gasteiger partial charge on any atom is -0.00711 e. The monoisotopic (exact) mass is 548 g/mol. The van der Waals surface area contributed by atoms with Crippen LogP contribution in [0.5, 0.6) is 0 Å². The molecular formula is BiBrCsI. The molecule has 4 heavy (non-hydrogen) atoms. The smallest absolute Gasteiger partial charge is 0.00711 e. The van der Waals surface area contributed by atoms with Gasteiger partial charge >= 0.3 is 0 Å². The maximum atomic E-state index is 2.91. The fourth-order valence-electron chi connectivity index (χ4n) is 0. The van der Waals surface area contributed by atoms with Crippen LogP contribution >= 0.6 is 33.1 Å². The molecule has 0 aliphatic carbocycles. The Morgan fingerprint density at radius 1 is 1.25 bits per heavy atom. The maximum absolute atomic E-state index is 2.91. The number of hydrogen-bond donors (Lipinski definition) is 0. The van der Waals surface area contributed by atoms with Gasteiger partial charge in [-0.25, -0.2) is 0 Å². The van der Waals surface area contributed by atoms with Gasteiger partial charge in [0, 0.05) is 115 Å². The average molecular weight is 549 g/mol. The average Bonchev–Trinajstić information content (AvgIpc) is 1.00. The molecule has 0 aromatic carbocycles. The summed E-state index contributed by atoms with van der Waals surface area (Å²) in [6, 6.07) is 0. The van der Waals surface area contributed by atoms with Gasteiger partial charge in [-0.15, -0.1) is 0 Å².